The Hall–Kier alpha value is -2.70. The molecule has 27 heavy (non-hydrogen) atoms. The first kappa shape index (κ1) is 19.1. The Balaban J connectivity index is 1.68. The van der Waals surface area contributed by atoms with E-state index in [1.807, 2.05) is 42.6 Å². The number of carbonyl (C=O) groups excluding carboxylic acids is 2. The Morgan fingerprint density at radius 1 is 1.15 bits per heavy atom. The van der Waals surface area contributed by atoms with Crippen molar-refractivity contribution in [3.63, 3.8) is 0 Å². The Labute approximate surface area is 166 Å². The summed E-state index contributed by atoms with van der Waals surface area (Å²) >= 11 is 7.05. The number of anilines is 1. The van der Waals surface area contributed by atoms with Crippen molar-refractivity contribution in [1.82, 2.24) is 4.98 Å². The Bertz CT molecular complexity index is 952. The predicted molar refractivity (Wildman–Crippen MR) is 107 cm³/mol. The van der Waals surface area contributed by atoms with Gasteiger partial charge in [-0.1, -0.05) is 41.4 Å². The number of nitrogens with zero attached hydrogens (tertiary/aromatic N) is 1. The molecule has 0 saturated carbocycles. The van der Waals surface area contributed by atoms with Crippen LogP contribution in [0.5, 0.6) is 0 Å². The third kappa shape index (κ3) is 4.72. The van der Waals surface area contributed by atoms with Crippen LogP contribution >= 0.6 is 22.9 Å². The van der Waals surface area contributed by atoms with Crippen molar-refractivity contribution in [2.75, 3.05) is 5.32 Å². The molecule has 0 unspecified atom stereocenters. The normalized spacial score (nSPS) is 11.7. The molecule has 3 aromatic rings. The van der Waals surface area contributed by atoms with E-state index in [1.54, 1.807) is 12.1 Å². The topological polar surface area (TPSA) is 68.3 Å². The maximum Gasteiger partial charge on any atom is 0.349 e. The van der Waals surface area contributed by atoms with Gasteiger partial charge in [0.1, 0.15) is 10.7 Å². The summed E-state index contributed by atoms with van der Waals surface area (Å²) in [6.07, 6.45) is 0.454. The van der Waals surface area contributed by atoms with Gasteiger partial charge in [0.25, 0.3) is 5.91 Å². The average molecular weight is 401 g/mol. The molecule has 7 heteroatoms. The van der Waals surface area contributed by atoms with Crippen LogP contribution in [0.15, 0.2) is 54.0 Å². The summed E-state index contributed by atoms with van der Waals surface area (Å²) in [5, 5.41) is 4.88. The summed E-state index contributed by atoms with van der Waals surface area (Å²) < 4.78 is 5.34. The first-order chi connectivity index (χ1) is 12.9. The maximum atomic E-state index is 12.6. The van der Waals surface area contributed by atoms with E-state index in [4.69, 9.17) is 16.3 Å². The van der Waals surface area contributed by atoms with E-state index in [2.05, 4.69) is 10.3 Å². The van der Waals surface area contributed by atoms with Gasteiger partial charge < -0.3 is 10.1 Å². The fourth-order valence-electron chi connectivity index (χ4n) is 2.37. The third-order valence-corrected chi connectivity index (χ3v) is 4.96. The summed E-state index contributed by atoms with van der Waals surface area (Å²) in [6, 6.07) is 12.9. The quantitative estimate of drug-likeness (QED) is 0.615. The molecule has 0 radical (unpaired) electrons. The maximum absolute atomic E-state index is 12.6. The molecule has 138 valence electrons. The lowest BCUT2D eigenvalue weighted by Crippen LogP contribution is -2.30. The second kappa shape index (κ2) is 8.33. The standard InChI is InChI=1S/C20H17ClN2O3S/c1-12-3-5-14(6-4-12)16-9-10-27-18(16)20(25)26-13(2)19(24)23-17-8-7-15(21)11-22-17/h3-11,13H,1-2H3,(H,22,23,24)/t13-/m0/s1. The number of esters is 1. The molecule has 5 nitrogen and oxygen atoms in total. The van der Waals surface area contributed by atoms with Gasteiger partial charge in [0, 0.05) is 11.8 Å². The molecule has 3 rings (SSSR count). The predicted octanol–water partition coefficient (Wildman–Crippen LogP) is 4.96. The van der Waals surface area contributed by atoms with E-state index < -0.39 is 18.0 Å². The number of rotatable bonds is 5. The number of pyridine rings is 1. The molecule has 0 aliphatic rings. The molecular formula is C20H17ClN2O3S. The lowest BCUT2D eigenvalue weighted by atomic mass is 10.1. The number of ether oxygens (including phenoxy) is 1. The average Bonchev–Trinajstić information content (AvgIpc) is 3.14. The lowest BCUT2D eigenvalue weighted by Gasteiger charge is -2.13. The molecular weight excluding hydrogens is 384 g/mol. The zero-order valence-corrected chi connectivity index (χ0v) is 16.3. The number of aryl methyl sites for hydroxylation is 1. The molecule has 1 aromatic carbocycles. The highest BCUT2D eigenvalue weighted by Crippen LogP contribution is 2.29. The summed E-state index contributed by atoms with van der Waals surface area (Å²) in [5.41, 5.74) is 2.85. The van der Waals surface area contributed by atoms with Crippen LogP contribution in [-0.4, -0.2) is 23.0 Å². The molecule has 1 atom stereocenters. The minimum Gasteiger partial charge on any atom is -0.448 e. The van der Waals surface area contributed by atoms with Gasteiger partial charge in [-0.2, -0.15) is 0 Å². The molecule has 0 fully saturated rings. The van der Waals surface area contributed by atoms with Crippen molar-refractivity contribution in [2.45, 2.75) is 20.0 Å². The molecule has 0 bridgehead atoms. The van der Waals surface area contributed by atoms with Crippen LogP contribution in [0.1, 0.15) is 22.2 Å². The fourth-order valence-corrected chi connectivity index (χ4v) is 3.28. The van der Waals surface area contributed by atoms with Crippen molar-refractivity contribution in [3.05, 3.63) is 69.5 Å². The largest absolute Gasteiger partial charge is 0.448 e. The number of thiophene rings is 1. The highest BCUT2D eigenvalue weighted by molar-refractivity contribution is 7.12. The Kier molecular flexibility index (Phi) is 5.88. The van der Waals surface area contributed by atoms with Gasteiger partial charge >= 0.3 is 5.97 Å². The number of halogens is 1. The molecule has 1 amide bonds. The van der Waals surface area contributed by atoms with Crippen LogP contribution in [-0.2, 0) is 9.53 Å². The van der Waals surface area contributed by atoms with Crippen LogP contribution < -0.4 is 5.32 Å². The van der Waals surface area contributed by atoms with Crippen molar-refractivity contribution < 1.29 is 14.3 Å². The van der Waals surface area contributed by atoms with Gasteiger partial charge in [-0.3, -0.25) is 4.79 Å². The molecule has 0 aliphatic heterocycles. The minimum absolute atomic E-state index is 0.337. The fraction of sp³-hybridized carbons (Fsp3) is 0.150. The van der Waals surface area contributed by atoms with Crippen LogP contribution in [0.25, 0.3) is 11.1 Å². The van der Waals surface area contributed by atoms with Gasteiger partial charge in [-0.25, -0.2) is 9.78 Å². The highest BCUT2D eigenvalue weighted by Gasteiger charge is 2.22. The molecule has 0 aliphatic carbocycles. The zero-order valence-electron chi connectivity index (χ0n) is 14.7. The highest BCUT2D eigenvalue weighted by atomic mass is 35.5. The van der Waals surface area contributed by atoms with E-state index in [9.17, 15) is 9.59 Å². The van der Waals surface area contributed by atoms with E-state index in [1.165, 1.54) is 24.5 Å². The second-order valence-corrected chi connectivity index (χ2v) is 7.28. The smallest absolute Gasteiger partial charge is 0.349 e. The van der Waals surface area contributed by atoms with Crippen LogP contribution in [0.2, 0.25) is 5.02 Å². The molecule has 1 N–H and O–H groups in total. The third-order valence-electron chi connectivity index (χ3n) is 3.84. The van der Waals surface area contributed by atoms with Crippen molar-refractivity contribution in [3.8, 4) is 11.1 Å². The van der Waals surface area contributed by atoms with E-state index in [-0.39, 0.29) is 0 Å². The number of nitrogens with one attached hydrogen (secondary N) is 1. The van der Waals surface area contributed by atoms with Crippen LogP contribution in [0.4, 0.5) is 5.82 Å². The summed E-state index contributed by atoms with van der Waals surface area (Å²) in [5.74, 6) is -0.664. The summed E-state index contributed by atoms with van der Waals surface area (Å²) in [7, 11) is 0. The van der Waals surface area contributed by atoms with Crippen molar-refractivity contribution in [2.24, 2.45) is 0 Å². The van der Waals surface area contributed by atoms with Gasteiger partial charge in [0.2, 0.25) is 0 Å². The number of hydrogen-bond acceptors (Lipinski definition) is 5. The van der Waals surface area contributed by atoms with Gasteiger partial charge in [-0.05, 0) is 43.0 Å². The number of carbonyl (C=O) groups is 2. The monoisotopic (exact) mass is 400 g/mol. The second-order valence-electron chi connectivity index (χ2n) is 5.93. The number of benzene rings is 1. The van der Waals surface area contributed by atoms with Gasteiger partial charge in [0.05, 0.1) is 5.02 Å². The number of amides is 1. The Morgan fingerprint density at radius 3 is 2.56 bits per heavy atom. The van der Waals surface area contributed by atoms with Crippen LogP contribution in [0, 0.1) is 6.92 Å². The van der Waals surface area contributed by atoms with Gasteiger partial charge in [-0.15, -0.1) is 11.3 Å². The molecule has 2 aromatic heterocycles. The molecule has 2 heterocycles. The van der Waals surface area contributed by atoms with E-state index in [0.29, 0.717) is 15.7 Å². The van der Waals surface area contributed by atoms with Crippen LogP contribution in [0.3, 0.4) is 0 Å². The lowest BCUT2D eigenvalue weighted by molar-refractivity contribution is -0.123. The minimum atomic E-state index is -0.969. The molecule has 0 saturated heterocycles. The zero-order chi connectivity index (χ0) is 19.4. The molecule has 0 spiro atoms. The summed E-state index contributed by atoms with van der Waals surface area (Å²) in [6.45, 7) is 3.52. The SMILES string of the molecule is Cc1ccc(-c2ccsc2C(=O)O[C@@H](C)C(=O)Nc2ccc(Cl)cn2)cc1. The van der Waals surface area contributed by atoms with E-state index in [0.717, 1.165) is 16.7 Å². The van der Waals surface area contributed by atoms with Crippen molar-refractivity contribution in [1.29, 1.82) is 0 Å². The Morgan fingerprint density at radius 2 is 1.89 bits per heavy atom. The first-order valence-electron chi connectivity index (χ1n) is 8.22. The van der Waals surface area contributed by atoms with Gasteiger partial charge in [0.15, 0.2) is 6.10 Å². The number of hydrogen-bond donors (Lipinski definition) is 1. The summed E-state index contributed by atoms with van der Waals surface area (Å²) in [4.78, 5) is 29.2. The number of aromatic nitrogens is 1. The van der Waals surface area contributed by atoms with Crippen molar-refractivity contribution >= 4 is 40.6 Å². The van der Waals surface area contributed by atoms with E-state index >= 15 is 0 Å². The first-order valence-corrected chi connectivity index (χ1v) is 9.48.